The molecule has 0 aliphatic carbocycles. The van der Waals surface area contributed by atoms with Gasteiger partial charge in [-0.25, -0.2) is 0 Å². The standard InChI is InChI=1S/C10H11NO.C2H6/c1-8-3-4-9(2)10(7-8)12-6-5-11;1-2/h3-4,7H,6H2,1-2H3;1-2H3. The lowest BCUT2D eigenvalue weighted by atomic mass is 10.1. The highest BCUT2D eigenvalue weighted by molar-refractivity contribution is 5.36. The highest BCUT2D eigenvalue weighted by Crippen LogP contribution is 2.18. The molecule has 0 heterocycles. The summed E-state index contributed by atoms with van der Waals surface area (Å²) >= 11 is 0. The summed E-state index contributed by atoms with van der Waals surface area (Å²) in [7, 11) is 0. The molecule has 0 saturated heterocycles. The van der Waals surface area contributed by atoms with Gasteiger partial charge in [-0.15, -0.1) is 0 Å². The van der Waals surface area contributed by atoms with Crippen LogP contribution < -0.4 is 4.74 Å². The lowest BCUT2D eigenvalue weighted by molar-refractivity contribution is 0.365. The van der Waals surface area contributed by atoms with Crippen molar-refractivity contribution in [3.63, 3.8) is 0 Å². The number of aryl methyl sites for hydroxylation is 2. The van der Waals surface area contributed by atoms with Gasteiger partial charge in [-0.2, -0.15) is 5.26 Å². The van der Waals surface area contributed by atoms with Crippen LogP contribution in [0.25, 0.3) is 0 Å². The van der Waals surface area contributed by atoms with Gasteiger partial charge in [0.2, 0.25) is 0 Å². The molecule has 0 fully saturated rings. The lowest BCUT2D eigenvalue weighted by Crippen LogP contribution is -1.95. The molecule has 0 saturated carbocycles. The Morgan fingerprint density at radius 1 is 1.29 bits per heavy atom. The van der Waals surface area contributed by atoms with Crippen LogP contribution in [-0.4, -0.2) is 6.61 Å². The average molecular weight is 191 g/mol. The van der Waals surface area contributed by atoms with Gasteiger partial charge in [-0.1, -0.05) is 26.0 Å². The number of nitriles is 1. The zero-order valence-electron chi connectivity index (χ0n) is 9.29. The molecule has 0 aliphatic heterocycles. The van der Waals surface area contributed by atoms with E-state index in [1.165, 1.54) is 0 Å². The molecular formula is C12H17NO. The van der Waals surface area contributed by atoms with Crippen molar-refractivity contribution in [3.8, 4) is 11.8 Å². The molecule has 0 N–H and O–H groups in total. The molecule has 0 atom stereocenters. The van der Waals surface area contributed by atoms with Crippen molar-refractivity contribution in [2.45, 2.75) is 27.7 Å². The Bertz CT molecular complexity index is 313. The van der Waals surface area contributed by atoms with Gasteiger partial charge in [0.1, 0.15) is 11.8 Å². The molecule has 1 aromatic carbocycles. The zero-order valence-corrected chi connectivity index (χ0v) is 9.29. The van der Waals surface area contributed by atoms with Gasteiger partial charge in [-0.05, 0) is 31.0 Å². The maximum atomic E-state index is 8.31. The average Bonchev–Trinajstić information content (AvgIpc) is 2.22. The molecule has 0 amide bonds. The summed E-state index contributed by atoms with van der Waals surface area (Å²) in [6, 6.07) is 7.89. The summed E-state index contributed by atoms with van der Waals surface area (Å²) in [6.45, 7) is 8.08. The number of nitrogens with zero attached hydrogens (tertiary/aromatic N) is 1. The summed E-state index contributed by atoms with van der Waals surface area (Å²) in [5, 5.41) is 8.31. The second-order valence-corrected chi connectivity index (χ2v) is 2.72. The monoisotopic (exact) mass is 191 g/mol. The number of hydrogen-bond donors (Lipinski definition) is 0. The van der Waals surface area contributed by atoms with E-state index in [9.17, 15) is 0 Å². The van der Waals surface area contributed by atoms with Crippen LogP contribution in [0.4, 0.5) is 0 Å². The molecule has 0 radical (unpaired) electrons. The van der Waals surface area contributed by atoms with Gasteiger partial charge in [0.15, 0.2) is 6.61 Å². The van der Waals surface area contributed by atoms with E-state index < -0.39 is 0 Å². The SMILES string of the molecule is CC.Cc1ccc(C)c(OCC#N)c1. The predicted octanol–water partition coefficient (Wildman–Crippen LogP) is 3.23. The molecule has 0 aliphatic rings. The summed E-state index contributed by atoms with van der Waals surface area (Å²) in [6.07, 6.45) is 0. The minimum absolute atomic E-state index is 0.115. The fraction of sp³-hybridized carbons (Fsp3) is 0.417. The molecule has 0 spiro atoms. The Balaban J connectivity index is 0.000000791. The van der Waals surface area contributed by atoms with Crippen LogP contribution in [0.3, 0.4) is 0 Å². The fourth-order valence-corrected chi connectivity index (χ4v) is 0.973. The van der Waals surface area contributed by atoms with Gasteiger partial charge < -0.3 is 4.74 Å². The topological polar surface area (TPSA) is 33.0 Å². The van der Waals surface area contributed by atoms with E-state index in [1.54, 1.807) is 0 Å². The van der Waals surface area contributed by atoms with Crippen LogP contribution in [0.2, 0.25) is 0 Å². The Hall–Kier alpha value is -1.49. The zero-order chi connectivity index (χ0) is 11.0. The van der Waals surface area contributed by atoms with Crippen LogP contribution >= 0.6 is 0 Å². The van der Waals surface area contributed by atoms with Gasteiger partial charge in [0, 0.05) is 0 Å². The number of benzene rings is 1. The van der Waals surface area contributed by atoms with Crippen molar-refractivity contribution < 1.29 is 4.74 Å². The molecule has 0 aromatic heterocycles. The van der Waals surface area contributed by atoms with Gasteiger partial charge in [-0.3, -0.25) is 0 Å². The van der Waals surface area contributed by atoms with Crippen molar-refractivity contribution in [3.05, 3.63) is 29.3 Å². The lowest BCUT2D eigenvalue weighted by Gasteiger charge is -2.05. The third-order valence-electron chi connectivity index (χ3n) is 1.64. The van der Waals surface area contributed by atoms with Gasteiger partial charge in [0.25, 0.3) is 0 Å². The highest BCUT2D eigenvalue weighted by atomic mass is 16.5. The third kappa shape index (κ3) is 3.95. The van der Waals surface area contributed by atoms with Crippen LogP contribution in [-0.2, 0) is 0 Å². The molecule has 2 nitrogen and oxygen atoms in total. The van der Waals surface area contributed by atoms with Crippen molar-refractivity contribution in [1.82, 2.24) is 0 Å². The van der Waals surface area contributed by atoms with Crippen LogP contribution in [0.5, 0.6) is 5.75 Å². The molecule has 76 valence electrons. The fourth-order valence-electron chi connectivity index (χ4n) is 0.973. The van der Waals surface area contributed by atoms with E-state index in [-0.39, 0.29) is 6.61 Å². The Kier molecular flexibility index (Phi) is 6.22. The third-order valence-corrected chi connectivity index (χ3v) is 1.64. The molecule has 2 heteroatoms. The summed E-state index contributed by atoms with van der Waals surface area (Å²) < 4.78 is 5.21. The smallest absolute Gasteiger partial charge is 0.174 e. The van der Waals surface area contributed by atoms with E-state index >= 15 is 0 Å². The molecular weight excluding hydrogens is 174 g/mol. The molecule has 1 rings (SSSR count). The highest BCUT2D eigenvalue weighted by Gasteiger charge is 1.97. The van der Waals surface area contributed by atoms with Crippen molar-refractivity contribution in [2.24, 2.45) is 0 Å². The Labute approximate surface area is 86.1 Å². The van der Waals surface area contributed by atoms with E-state index in [4.69, 9.17) is 10.00 Å². The number of hydrogen-bond acceptors (Lipinski definition) is 2. The normalized spacial score (nSPS) is 8.21. The van der Waals surface area contributed by atoms with Crippen molar-refractivity contribution in [1.29, 1.82) is 5.26 Å². The van der Waals surface area contributed by atoms with Gasteiger partial charge in [0.05, 0.1) is 0 Å². The van der Waals surface area contributed by atoms with E-state index in [2.05, 4.69) is 0 Å². The maximum absolute atomic E-state index is 8.31. The second kappa shape index (κ2) is 6.97. The maximum Gasteiger partial charge on any atom is 0.174 e. The Morgan fingerprint density at radius 2 is 1.93 bits per heavy atom. The summed E-state index contributed by atoms with van der Waals surface area (Å²) in [5.41, 5.74) is 2.21. The first kappa shape index (κ1) is 12.5. The van der Waals surface area contributed by atoms with Gasteiger partial charge >= 0.3 is 0 Å². The van der Waals surface area contributed by atoms with Crippen LogP contribution in [0.15, 0.2) is 18.2 Å². The predicted molar refractivity (Wildman–Crippen MR) is 58.4 cm³/mol. The van der Waals surface area contributed by atoms with E-state index in [0.29, 0.717) is 0 Å². The minimum atomic E-state index is 0.115. The van der Waals surface area contributed by atoms with Crippen LogP contribution in [0.1, 0.15) is 25.0 Å². The Morgan fingerprint density at radius 3 is 2.50 bits per heavy atom. The number of rotatable bonds is 2. The quantitative estimate of drug-likeness (QED) is 0.719. The molecule has 14 heavy (non-hydrogen) atoms. The first-order chi connectivity index (χ1) is 6.74. The van der Waals surface area contributed by atoms with Crippen LogP contribution in [0, 0.1) is 25.2 Å². The largest absolute Gasteiger partial charge is 0.478 e. The molecule has 1 aromatic rings. The second-order valence-electron chi connectivity index (χ2n) is 2.72. The number of ether oxygens (including phenoxy) is 1. The minimum Gasteiger partial charge on any atom is -0.478 e. The van der Waals surface area contributed by atoms with Crippen molar-refractivity contribution >= 4 is 0 Å². The van der Waals surface area contributed by atoms with Crippen molar-refractivity contribution in [2.75, 3.05) is 6.61 Å². The first-order valence-corrected chi connectivity index (χ1v) is 4.81. The summed E-state index contributed by atoms with van der Waals surface area (Å²) in [5.74, 6) is 0.802. The first-order valence-electron chi connectivity index (χ1n) is 4.81. The van der Waals surface area contributed by atoms with E-state index in [0.717, 1.165) is 16.9 Å². The molecule has 0 unspecified atom stereocenters. The van der Waals surface area contributed by atoms with E-state index in [1.807, 2.05) is 52.0 Å². The summed E-state index contributed by atoms with van der Waals surface area (Å²) in [4.78, 5) is 0. The molecule has 0 bridgehead atoms.